The van der Waals surface area contributed by atoms with Gasteiger partial charge in [-0.1, -0.05) is 12.1 Å². The van der Waals surface area contributed by atoms with Crippen molar-refractivity contribution in [2.45, 2.75) is 46.3 Å². The molecule has 0 aromatic heterocycles. The van der Waals surface area contributed by atoms with Crippen LogP contribution in [-0.2, 0) is 6.54 Å². The van der Waals surface area contributed by atoms with Gasteiger partial charge in [0.1, 0.15) is 0 Å². The van der Waals surface area contributed by atoms with Gasteiger partial charge in [0, 0.05) is 24.3 Å². The summed E-state index contributed by atoms with van der Waals surface area (Å²) in [4.78, 5) is 13.9. The van der Waals surface area contributed by atoms with Crippen molar-refractivity contribution in [3.63, 3.8) is 0 Å². The van der Waals surface area contributed by atoms with Crippen molar-refractivity contribution in [1.82, 2.24) is 5.32 Å². The number of benzene rings is 1. The second-order valence-electron chi connectivity index (χ2n) is 4.94. The third-order valence-corrected chi connectivity index (χ3v) is 2.60. The quantitative estimate of drug-likeness (QED) is 0.861. The van der Waals surface area contributed by atoms with E-state index < -0.39 is 0 Å². The molecule has 1 rings (SSSR count). The number of anilines is 1. The molecule has 18 heavy (non-hydrogen) atoms. The Morgan fingerprint density at radius 1 is 1.22 bits per heavy atom. The first-order chi connectivity index (χ1) is 8.45. The molecule has 4 nitrogen and oxygen atoms in total. The third kappa shape index (κ3) is 3.74. The maximum atomic E-state index is 12.1. The largest absolute Gasteiger partial charge is 0.336 e. The molecule has 0 spiro atoms. The van der Waals surface area contributed by atoms with Gasteiger partial charge in [-0.2, -0.15) is 0 Å². The lowest BCUT2D eigenvalue weighted by molar-refractivity contribution is 0.242. The Balaban J connectivity index is 2.93. The molecular formula is C14H23N3O. The summed E-state index contributed by atoms with van der Waals surface area (Å²) in [5.74, 6) is 0. The van der Waals surface area contributed by atoms with Gasteiger partial charge in [0.2, 0.25) is 0 Å². The van der Waals surface area contributed by atoms with Crippen molar-refractivity contribution < 1.29 is 4.79 Å². The molecule has 0 fully saturated rings. The molecule has 4 heteroatoms. The number of hydrogen-bond donors (Lipinski definition) is 2. The van der Waals surface area contributed by atoms with Crippen LogP contribution < -0.4 is 16.0 Å². The molecule has 0 saturated carbocycles. The van der Waals surface area contributed by atoms with Crippen LogP contribution in [-0.4, -0.2) is 18.1 Å². The number of nitrogens with zero attached hydrogens (tertiary/aromatic N) is 1. The summed E-state index contributed by atoms with van der Waals surface area (Å²) < 4.78 is 0. The molecule has 0 atom stereocenters. The van der Waals surface area contributed by atoms with Crippen LogP contribution in [0.2, 0.25) is 0 Å². The van der Waals surface area contributed by atoms with E-state index in [9.17, 15) is 4.79 Å². The fourth-order valence-corrected chi connectivity index (χ4v) is 1.76. The highest BCUT2D eigenvalue weighted by atomic mass is 16.2. The topological polar surface area (TPSA) is 58.4 Å². The molecule has 100 valence electrons. The number of carbonyl (C=O) groups excluding carboxylic acids is 1. The van der Waals surface area contributed by atoms with E-state index in [-0.39, 0.29) is 18.1 Å². The Morgan fingerprint density at radius 3 is 2.17 bits per heavy atom. The van der Waals surface area contributed by atoms with Gasteiger partial charge in [-0.25, -0.2) is 4.79 Å². The second kappa shape index (κ2) is 6.40. The second-order valence-corrected chi connectivity index (χ2v) is 4.94. The van der Waals surface area contributed by atoms with E-state index in [0.717, 1.165) is 11.3 Å². The van der Waals surface area contributed by atoms with Crippen LogP contribution >= 0.6 is 0 Å². The smallest absolute Gasteiger partial charge is 0.322 e. The predicted molar refractivity (Wildman–Crippen MR) is 75.6 cm³/mol. The molecule has 0 bridgehead atoms. The average Bonchev–Trinajstić information content (AvgIpc) is 2.28. The van der Waals surface area contributed by atoms with Crippen molar-refractivity contribution in [3.05, 3.63) is 29.8 Å². The summed E-state index contributed by atoms with van der Waals surface area (Å²) in [6, 6.07) is 7.93. The summed E-state index contributed by atoms with van der Waals surface area (Å²) in [6.07, 6.45) is 0. The lowest BCUT2D eigenvalue weighted by atomic mass is 10.2. The first kappa shape index (κ1) is 14.5. The molecule has 0 unspecified atom stereocenters. The van der Waals surface area contributed by atoms with Gasteiger partial charge in [0.05, 0.1) is 0 Å². The van der Waals surface area contributed by atoms with Gasteiger partial charge >= 0.3 is 6.03 Å². The maximum absolute atomic E-state index is 12.1. The summed E-state index contributed by atoms with van der Waals surface area (Å²) in [6.45, 7) is 8.41. The SMILES string of the molecule is CC(C)NC(=O)N(c1ccc(CN)cc1)C(C)C. The molecule has 0 aliphatic rings. The molecule has 0 aliphatic carbocycles. The van der Waals surface area contributed by atoms with Gasteiger partial charge in [0.25, 0.3) is 0 Å². The summed E-state index contributed by atoms with van der Waals surface area (Å²) in [7, 11) is 0. The average molecular weight is 249 g/mol. The minimum Gasteiger partial charge on any atom is -0.336 e. The number of nitrogens with one attached hydrogen (secondary N) is 1. The Kier molecular flexibility index (Phi) is 5.16. The van der Waals surface area contributed by atoms with Gasteiger partial charge < -0.3 is 11.1 Å². The molecule has 1 aromatic carbocycles. The normalized spacial score (nSPS) is 10.8. The lowest BCUT2D eigenvalue weighted by Gasteiger charge is -2.28. The van der Waals surface area contributed by atoms with Crippen molar-refractivity contribution in [2.75, 3.05) is 4.90 Å². The Hall–Kier alpha value is -1.55. The van der Waals surface area contributed by atoms with E-state index in [0.29, 0.717) is 6.54 Å². The minimum absolute atomic E-state index is 0.0690. The molecule has 1 aromatic rings. The number of hydrogen-bond acceptors (Lipinski definition) is 2. The summed E-state index contributed by atoms with van der Waals surface area (Å²) in [5.41, 5.74) is 7.52. The first-order valence-electron chi connectivity index (χ1n) is 6.34. The van der Waals surface area contributed by atoms with Crippen molar-refractivity contribution in [1.29, 1.82) is 0 Å². The van der Waals surface area contributed by atoms with E-state index in [2.05, 4.69) is 5.32 Å². The Labute approximate surface area is 109 Å². The minimum atomic E-state index is -0.0690. The number of urea groups is 1. The van der Waals surface area contributed by atoms with Crippen molar-refractivity contribution >= 4 is 11.7 Å². The number of rotatable bonds is 4. The maximum Gasteiger partial charge on any atom is 0.322 e. The van der Waals surface area contributed by atoms with Gasteiger partial charge in [-0.3, -0.25) is 4.90 Å². The predicted octanol–water partition coefficient (Wildman–Crippen LogP) is 2.48. The van der Waals surface area contributed by atoms with Gasteiger partial charge in [-0.15, -0.1) is 0 Å². The van der Waals surface area contributed by atoms with E-state index in [4.69, 9.17) is 5.73 Å². The fourth-order valence-electron chi connectivity index (χ4n) is 1.76. The van der Waals surface area contributed by atoms with Crippen LogP contribution in [0.25, 0.3) is 0 Å². The lowest BCUT2D eigenvalue weighted by Crippen LogP contribution is -2.46. The van der Waals surface area contributed by atoms with E-state index >= 15 is 0 Å². The van der Waals surface area contributed by atoms with Crippen LogP contribution in [0.15, 0.2) is 24.3 Å². The van der Waals surface area contributed by atoms with Gasteiger partial charge in [-0.05, 0) is 45.4 Å². The Bertz CT molecular complexity index is 385. The van der Waals surface area contributed by atoms with Crippen molar-refractivity contribution in [2.24, 2.45) is 5.73 Å². The summed E-state index contributed by atoms with van der Waals surface area (Å²) >= 11 is 0. The summed E-state index contributed by atoms with van der Waals surface area (Å²) in [5, 5.41) is 2.91. The van der Waals surface area contributed by atoms with E-state index in [1.165, 1.54) is 0 Å². The van der Waals surface area contributed by atoms with E-state index in [1.54, 1.807) is 4.90 Å². The monoisotopic (exact) mass is 249 g/mol. The highest BCUT2D eigenvalue weighted by molar-refractivity contribution is 5.92. The third-order valence-electron chi connectivity index (χ3n) is 2.60. The number of carbonyl (C=O) groups is 1. The molecule has 0 saturated heterocycles. The number of nitrogens with two attached hydrogens (primary N) is 1. The molecule has 0 heterocycles. The molecular weight excluding hydrogens is 226 g/mol. The number of amides is 2. The fraction of sp³-hybridized carbons (Fsp3) is 0.500. The van der Waals surface area contributed by atoms with Gasteiger partial charge in [0.15, 0.2) is 0 Å². The molecule has 3 N–H and O–H groups in total. The zero-order chi connectivity index (χ0) is 13.7. The van der Waals surface area contributed by atoms with Crippen LogP contribution in [0.1, 0.15) is 33.3 Å². The zero-order valence-electron chi connectivity index (χ0n) is 11.6. The first-order valence-corrected chi connectivity index (χ1v) is 6.34. The van der Waals surface area contributed by atoms with Crippen LogP contribution in [0.3, 0.4) is 0 Å². The highest BCUT2D eigenvalue weighted by Crippen LogP contribution is 2.18. The standard InChI is InChI=1S/C14H23N3O/c1-10(2)16-14(18)17(11(3)4)13-7-5-12(9-15)6-8-13/h5-8,10-11H,9,15H2,1-4H3,(H,16,18). The molecule has 0 aliphatic heterocycles. The Morgan fingerprint density at radius 2 is 1.78 bits per heavy atom. The van der Waals surface area contributed by atoms with Crippen molar-refractivity contribution in [3.8, 4) is 0 Å². The van der Waals surface area contributed by atoms with Crippen LogP contribution in [0.5, 0.6) is 0 Å². The van der Waals surface area contributed by atoms with Crippen LogP contribution in [0, 0.1) is 0 Å². The highest BCUT2D eigenvalue weighted by Gasteiger charge is 2.19. The van der Waals surface area contributed by atoms with Crippen LogP contribution in [0.4, 0.5) is 10.5 Å². The molecule has 0 radical (unpaired) electrons. The molecule has 2 amide bonds. The van der Waals surface area contributed by atoms with E-state index in [1.807, 2.05) is 52.0 Å². The zero-order valence-corrected chi connectivity index (χ0v) is 11.6.